The summed E-state index contributed by atoms with van der Waals surface area (Å²) in [6.45, 7) is 10.1. The highest BCUT2D eigenvalue weighted by atomic mass is 32.2. The van der Waals surface area contributed by atoms with E-state index in [-0.39, 0.29) is 5.78 Å². The molecule has 104 valence electrons. The Morgan fingerprint density at radius 2 is 2.11 bits per heavy atom. The van der Waals surface area contributed by atoms with E-state index in [2.05, 4.69) is 24.8 Å². The number of carbonyl (C=O) groups is 1. The van der Waals surface area contributed by atoms with Gasteiger partial charge in [-0.2, -0.15) is 11.8 Å². The number of aryl methyl sites for hydroxylation is 2. The Morgan fingerprint density at radius 3 is 2.84 bits per heavy atom. The minimum absolute atomic E-state index is 0.257. The van der Waals surface area contributed by atoms with Crippen LogP contribution in [0.3, 0.4) is 0 Å². The summed E-state index contributed by atoms with van der Waals surface area (Å²) in [7, 11) is 0. The van der Waals surface area contributed by atoms with Gasteiger partial charge in [0.1, 0.15) is 0 Å². The number of nitrogens with zero attached hydrogens (tertiary/aromatic N) is 1. The van der Waals surface area contributed by atoms with E-state index in [9.17, 15) is 4.79 Å². The van der Waals surface area contributed by atoms with Gasteiger partial charge in [0.2, 0.25) is 0 Å². The molecule has 19 heavy (non-hydrogen) atoms. The molecule has 3 heteroatoms. The van der Waals surface area contributed by atoms with E-state index < -0.39 is 0 Å². The first-order valence-corrected chi connectivity index (χ1v) is 8.00. The third-order valence-corrected chi connectivity index (χ3v) is 5.39. The van der Waals surface area contributed by atoms with Crippen molar-refractivity contribution >= 4 is 17.5 Å². The number of hydrogen-bond donors (Lipinski definition) is 0. The summed E-state index contributed by atoms with van der Waals surface area (Å²) in [5, 5.41) is 0.611. The number of benzene rings is 1. The van der Waals surface area contributed by atoms with E-state index in [1.165, 1.54) is 0 Å². The summed E-state index contributed by atoms with van der Waals surface area (Å²) in [6.07, 6.45) is 0. The van der Waals surface area contributed by atoms with Crippen LogP contribution < -0.4 is 0 Å². The Balaban J connectivity index is 2.10. The average molecular weight is 277 g/mol. The van der Waals surface area contributed by atoms with Crippen molar-refractivity contribution in [3.05, 3.63) is 34.9 Å². The molecular formula is C16H23NOS. The van der Waals surface area contributed by atoms with Crippen LogP contribution in [0.25, 0.3) is 0 Å². The normalized spacial score (nSPS) is 24.4. The largest absolute Gasteiger partial charge is 0.293 e. The summed E-state index contributed by atoms with van der Waals surface area (Å²) in [6, 6.07) is 6.60. The number of carbonyl (C=O) groups excluding carboxylic acids is 1. The smallest absolute Gasteiger partial charge is 0.177 e. The standard InChI is InChI=1S/C16H23NOS/c1-11-5-6-12(2)15(9-11)16(18)10-17-7-8-19-14(4)13(17)3/h5-6,9,13-14H,7-8,10H2,1-4H3. The van der Waals surface area contributed by atoms with E-state index in [4.69, 9.17) is 0 Å². The van der Waals surface area contributed by atoms with Crippen LogP contribution in [-0.2, 0) is 0 Å². The van der Waals surface area contributed by atoms with Gasteiger partial charge in [0.25, 0.3) is 0 Å². The predicted molar refractivity (Wildman–Crippen MR) is 83.2 cm³/mol. The number of Topliss-reactive ketones (excluding diaryl/α,β-unsaturated/α-hetero) is 1. The van der Waals surface area contributed by atoms with Crippen molar-refractivity contribution in [2.45, 2.75) is 39.0 Å². The summed E-state index contributed by atoms with van der Waals surface area (Å²) in [5.41, 5.74) is 3.13. The van der Waals surface area contributed by atoms with Crippen molar-refractivity contribution in [2.24, 2.45) is 0 Å². The Kier molecular flexibility index (Phi) is 4.69. The van der Waals surface area contributed by atoms with Crippen molar-refractivity contribution in [1.29, 1.82) is 0 Å². The van der Waals surface area contributed by atoms with Crippen molar-refractivity contribution in [1.82, 2.24) is 4.90 Å². The second-order valence-electron chi connectivity index (χ2n) is 5.53. The monoisotopic (exact) mass is 277 g/mol. The maximum absolute atomic E-state index is 12.5. The van der Waals surface area contributed by atoms with Gasteiger partial charge in [-0.15, -0.1) is 0 Å². The number of thioether (sulfide) groups is 1. The minimum atomic E-state index is 0.257. The molecule has 0 aromatic heterocycles. The molecule has 2 nitrogen and oxygen atoms in total. The maximum atomic E-state index is 12.5. The van der Waals surface area contributed by atoms with Crippen molar-refractivity contribution in [3.63, 3.8) is 0 Å². The number of hydrogen-bond acceptors (Lipinski definition) is 3. The Morgan fingerprint density at radius 1 is 1.37 bits per heavy atom. The highest BCUT2D eigenvalue weighted by molar-refractivity contribution is 8.00. The molecule has 0 saturated carbocycles. The number of ketones is 1. The van der Waals surface area contributed by atoms with Gasteiger partial charge in [0, 0.05) is 29.2 Å². The van der Waals surface area contributed by atoms with E-state index in [0.717, 1.165) is 29.0 Å². The molecule has 0 spiro atoms. The molecule has 0 aliphatic carbocycles. The van der Waals surface area contributed by atoms with Crippen LogP contribution in [0.1, 0.15) is 35.3 Å². The van der Waals surface area contributed by atoms with Crippen LogP contribution in [0.5, 0.6) is 0 Å². The molecular weight excluding hydrogens is 254 g/mol. The molecule has 2 atom stereocenters. The fraction of sp³-hybridized carbons (Fsp3) is 0.562. The third-order valence-electron chi connectivity index (χ3n) is 4.05. The van der Waals surface area contributed by atoms with Gasteiger partial charge in [0.05, 0.1) is 6.54 Å². The summed E-state index contributed by atoms with van der Waals surface area (Å²) < 4.78 is 0. The fourth-order valence-electron chi connectivity index (χ4n) is 2.52. The van der Waals surface area contributed by atoms with Gasteiger partial charge < -0.3 is 0 Å². The zero-order valence-corrected chi connectivity index (χ0v) is 13.1. The molecule has 0 N–H and O–H groups in total. The van der Waals surface area contributed by atoms with E-state index in [1.807, 2.05) is 37.7 Å². The lowest BCUT2D eigenvalue weighted by molar-refractivity contribution is 0.0901. The number of rotatable bonds is 3. The molecule has 0 amide bonds. The Hall–Kier alpha value is -0.800. The summed E-state index contributed by atoms with van der Waals surface area (Å²) in [5.74, 6) is 1.39. The fourth-order valence-corrected chi connectivity index (χ4v) is 3.69. The topological polar surface area (TPSA) is 20.3 Å². The zero-order chi connectivity index (χ0) is 14.0. The first-order valence-electron chi connectivity index (χ1n) is 6.95. The van der Waals surface area contributed by atoms with E-state index >= 15 is 0 Å². The molecule has 1 fully saturated rings. The van der Waals surface area contributed by atoms with Crippen LogP contribution in [-0.4, -0.2) is 40.8 Å². The first kappa shape index (κ1) is 14.6. The van der Waals surface area contributed by atoms with Gasteiger partial charge in [-0.1, -0.05) is 24.6 Å². The summed E-state index contributed by atoms with van der Waals surface area (Å²) in [4.78, 5) is 14.8. The lowest BCUT2D eigenvalue weighted by Crippen LogP contribution is -2.46. The lowest BCUT2D eigenvalue weighted by atomic mass is 10.0. The lowest BCUT2D eigenvalue weighted by Gasteiger charge is -2.37. The third kappa shape index (κ3) is 3.40. The Labute approximate surface area is 120 Å². The van der Waals surface area contributed by atoms with Crippen LogP contribution in [0.2, 0.25) is 0 Å². The zero-order valence-electron chi connectivity index (χ0n) is 12.3. The molecule has 1 heterocycles. The maximum Gasteiger partial charge on any atom is 0.177 e. The van der Waals surface area contributed by atoms with Crippen molar-refractivity contribution in [3.8, 4) is 0 Å². The van der Waals surface area contributed by atoms with Crippen molar-refractivity contribution in [2.75, 3.05) is 18.8 Å². The highest BCUT2D eigenvalue weighted by Gasteiger charge is 2.27. The second kappa shape index (κ2) is 6.10. The molecule has 1 saturated heterocycles. The highest BCUT2D eigenvalue weighted by Crippen LogP contribution is 2.24. The molecule has 0 radical (unpaired) electrons. The minimum Gasteiger partial charge on any atom is -0.293 e. The molecule has 1 aromatic rings. The molecule has 2 unspecified atom stereocenters. The van der Waals surface area contributed by atoms with Gasteiger partial charge >= 0.3 is 0 Å². The van der Waals surface area contributed by atoms with E-state index in [0.29, 0.717) is 17.8 Å². The molecule has 1 aromatic carbocycles. The van der Waals surface area contributed by atoms with E-state index in [1.54, 1.807) is 0 Å². The van der Waals surface area contributed by atoms with Gasteiger partial charge in [-0.25, -0.2) is 0 Å². The van der Waals surface area contributed by atoms with Crippen LogP contribution in [0.15, 0.2) is 18.2 Å². The van der Waals surface area contributed by atoms with Crippen LogP contribution >= 0.6 is 11.8 Å². The molecule has 0 bridgehead atoms. The van der Waals surface area contributed by atoms with Gasteiger partial charge in [-0.05, 0) is 32.4 Å². The van der Waals surface area contributed by atoms with Gasteiger partial charge in [-0.3, -0.25) is 9.69 Å². The predicted octanol–water partition coefficient (Wildman–Crippen LogP) is 3.31. The van der Waals surface area contributed by atoms with Crippen molar-refractivity contribution < 1.29 is 4.79 Å². The molecule has 1 aliphatic heterocycles. The Bertz CT molecular complexity index is 472. The average Bonchev–Trinajstić information content (AvgIpc) is 2.38. The molecule has 1 aliphatic rings. The quantitative estimate of drug-likeness (QED) is 0.791. The van der Waals surface area contributed by atoms with Crippen LogP contribution in [0, 0.1) is 13.8 Å². The van der Waals surface area contributed by atoms with Gasteiger partial charge in [0.15, 0.2) is 5.78 Å². The van der Waals surface area contributed by atoms with Crippen LogP contribution in [0.4, 0.5) is 0 Å². The summed E-state index contributed by atoms with van der Waals surface area (Å²) >= 11 is 2.01. The second-order valence-corrected chi connectivity index (χ2v) is 7.01. The molecule has 2 rings (SSSR count). The SMILES string of the molecule is Cc1ccc(C)c(C(=O)CN2CCSC(C)C2C)c1. The first-order chi connectivity index (χ1) is 8.99.